The van der Waals surface area contributed by atoms with Crippen LogP contribution in [0, 0.1) is 5.92 Å². The van der Waals surface area contributed by atoms with Crippen LogP contribution in [0.1, 0.15) is 52.7 Å². The summed E-state index contributed by atoms with van der Waals surface area (Å²) in [6, 6.07) is 3.55. The molecular weight excluding hydrogens is 344 g/mol. The van der Waals surface area contributed by atoms with Crippen molar-refractivity contribution < 1.29 is 9.59 Å². The molecule has 2 amide bonds. The lowest BCUT2D eigenvalue weighted by molar-refractivity contribution is -0.131. The normalized spacial score (nSPS) is 17.6. The third kappa shape index (κ3) is 3.99. The second-order valence-electron chi connectivity index (χ2n) is 8.14. The maximum atomic E-state index is 12.8. The topological polar surface area (TPSA) is 93.0 Å². The number of anilines is 1. The molecule has 0 saturated carbocycles. The van der Waals surface area contributed by atoms with E-state index in [1.165, 1.54) is 4.68 Å². The molecule has 8 heteroatoms. The van der Waals surface area contributed by atoms with Crippen molar-refractivity contribution in [2.24, 2.45) is 5.92 Å². The summed E-state index contributed by atoms with van der Waals surface area (Å²) >= 11 is 0. The minimum Gasteiger partial charge on any atom is -0.337 e. The first-order valence-electron chi connectivity index (χ1n) is 9.15. The molecule has 1 aliphatic rings. The van der Waals surface area contributed by atoms with Crippen molar-refractivity contribution >= 4 is 17.6 Å². The van der Waals surface area contributed by atoms with E-state index in [4.69, 9.17) is 0 Å². The Morgan fingerprint density at radius 3 is 2.48 bits per heavy atom. The Morgan fingerprint density at radius 2 is 1.93 bits per heavy atom. The number of likely N-dealkylation sites (tertiary alicyclic amines) is 1. The van der Waals surface area contributed by atoms with Gasteiger partial charge in [0.1, 0.15) is 5.82 Å². The SMILES string of the molecule is CC(C)c1cc(NC(=O)C2CC(=O)N(C(C)(C)C)C2)n(-c2ncccn2)n1. The Labute approximate surface area is 159 Å². The number of aromatic nitrogens is 4. The van der Waals surface area contributed by atoms with Crippen molar-refractivity contribution in [3.05, 3.63) is 30.2 Å². The highest BCUT2D eigenvalue weighted by atomic mass is 16.2. The van der Waals surface area contributed by atoms with Gasteiger partial charge in [-0.2, -0.15) is 9.78 Å². The van der Waals surface area contributed by atoms with Crippen molar-refractivity contribution in [3.63, 3.8) is 0 Å². The molecule has 2 aromatic heterocycles. The minimum atomic E-state index is -0.390. The lowest BCUT2D eigenvalue weighted by Crippen LogP contribution is -2.42. The molecular formula is C19H26N6O2. The maximum absolute atomic E-state index is 12.8. The van der Waals surface area contributed by atoms with Crippen LogP contribution in [0.3, 0.4) is 0 Å². The number of hydrogen-bond donors (Lipinski definition) is 1. The molecule has 2 aromatic rings. The highest BCUT2D eigenvalue weighted by Crippen LogP contribution is 2.27. The van der Waals surface area contributed by atoms with Gasteiger partial charge >= 0.3 is 0 Å². The zero-order valence-corrected chi connectivity index (χ0v) is 16.4. The van der Waals surface area contributed by atoms with Crippen LogP contribution in [0.4, 0.5) is 5.82 Å². The number of carbonyl (C=O) groups is 2. The van der Waals surface area contributed by atoms with Crippen molar-refractivity contribution in [3.8, 4) is 5.95 Å². The summed E-state index contributed by atoms with van der Waals surface area (Å²) in [5, 5.41) is 7.45. The fourth-order valence-corrected chi connectivity index (χ4v) is 3.08. The molecule has 0 radical (unpaired) electrons. The predicted octanol–water partition coefficient (Wildman–Crippen LogP) is 2.37. The molecule has 1 atom stereocenters. The van der Waals surface area contributed by atoms with Gasteiger partial charge in [-0.15, -0.1) is 0 Å². The third-order valence-corrected chi connectivity index (χ3v) is 4.62. The molecule has 1 fully saturated rings. The van der Waals surface area contributed by atoms with E-state index < -0.39 is 0 Å². The summed E-state index contributed by atoms with van der Waals surface area (Å²) in [5.74, 6) is 0.511. The lowest BCUT2D eigenvalue weighted by atomic mass is 10.1. The molecule has 0 aliphatic carbocycles. The molecule has 1 N–H and O–H groups in total. The van der Waals surface area contributed by atoms with Gasteiger partial charge in [-0.25, -0.2) is 9.97 Å². The van der Waals surface area contributed by atoms with Crippen molar-refractivity contribution in [2.45, 2.75) is 52.5 Å². The van der Waals surface area contributed by atoms with Crippen LogP contribution >= 0.6 is 0 Å². The summed E-state index contributed by atoms with van der Waals surface area (Å²) in [4.78, 5) is 35.3. The second kappa shape index (κ2) is 7.09. The minimum absolute atomic E-state index is 0.00502. The van der Waals surface area contributed by atoms with Gasteiger partial charge in [-0.05, 0) is 32.8 Å². The van der Waals surface area contributed by atoms with Gasteiger partial charge in [0.2, 0.25) is 11.8 Å². The van der Waals surface area contributed by atoms with E-state index in [0.717, 1.165) is 5.69 Å². The molecule has 1 aliphatic heterocycles. The van der Waals surface area contributed by atoms with E-state index in [0.29, 0.717) is 18.3 Å². The predicted molar refractivity (Wildman–Crippen MR) is 101 cm³/mol. The van der Waals surface area contributed by atoms with E-state index in [2.05, 4.69) is 20.4 Å². The molecule has 27 heavy (non-hydrogen) atoms. The molecule has 0 bridgehead atoms. The number of carbonyl (C=O) groups excluding carboxylic acids is 2. The van der Waals surface area contributed by atoms with Crippen molar-refractivity contribution in [1.29, 1.82) is 0 Å². The quantitative estimate of drug-likeness (QED) is 0.892. The maximum Gasteiger partial charge on any atom is 0.252 e. The third-order valence-electron chi connectivity index (χ3n) is 4.62. The Morgan fingerprint density at radius 1 is 1.26 bits per heavy atom. The number of amides is 2. The fraction of sp³-hybridized carbons (Fsp3) is 0.526. The molecule has 3 rings (SSSR count). The first-order chi connectivity index (χ1) is 12.7. The highest BCUT2D eigenvalue weighted by Gasteiger charge is 2.39. The van der Waals surface area contributed by atoms with Crippen molar-refractivity contribution in [1.82, 2.24) is 24.6 Å². The summed E-state index contributed by atoms with van der Waals surface area (Å²) < 4.78 is 1.53. The second-order valence-corrected chi connectivity index (χ2v) is 8.14. The van der Waals surface area contributed by atoms with E-state index >= 15 is 0 Å². The van der Waals surface area contributed by atoms with E-state index in [9.17, 15) is 9.59 Å². The fourth-order valence-electron chi connectivity index (χ4n) is 3.08. The first-order valence-corrected chi connectivity index (χ1v) is 9.15. The molecule has 1 unspecified atom stereocenters. The molecule has 144 valence electrons. The molecule has 0 aromatic carbocycles. The smallest absolute Gasteiger partial charge is 0.252 e. The first kappa shape index (κ1) is 19.0. The van der Waals surface area contributed by atoms with E-state index in [1.807, 2.05) is 40.7 Å². The molecule has 1 saturated heterocycles. The van der Waals surface area contributed by atoms with Gasteiger partial charge in [0.05, 0.1) is 11.6 Å². The molecule has 8 nitrogen and oxygen atoms in total. The lowest BCUT2D eigenvalue weighted by Gasteiger charge is -2.31. The summed E-state index contributed by atoms with van der Waals surface area (Å²) in [7, 11) is 0. The van der Waals surface area contributed by atoms with E-state index in [-0.39, 0.29) is 35.6 Å². The monoisotopic (exact) mass is 370 g/mol. The molecule has 0 spiro atoms. The Balaban J connectivity index is 1.83. The highest BCUT2D eigenvalue weighted by molar-refractivity contribution is 5.97. The number of hydrogen-bond acceptors (Lipinski definition) is 5. The van der Waals surface area contributed by atoms with Gasteiger partial charge in [0, 0.05) is 37.0 Å². The number of nitrogens with one attached hydrogen (secondary N) is 1. The molecule has 3 heterocycles. The van der Waals surface area contributed by atoms with Crippen LogP contribution in [0.2, 0.25) is 0 Å². The number of rotatable bonds is 4. The van der Waals surface area contributed by atoms with Gasteiger partial charge in [-0.1, -0.05) is 13.8 Å². The van der Waals surface area contributed by atoms with Crippen molar-refractivity contribution in [2.75, 3.05) is 11.9 Å². The van der Waals surface area contributed by atoms with Gasteiger partial charge in [0.25, 0.3) is 5.95 Å². The summed E-state index contributed by atoms with van der Waals surface area (Å²) in [6.45, 7) is 10.4. The number of nitrogens with zero attached hydrogens (tertiary/aromatic N) is 5. The van der Waals surface area contributed by atoms with Crippen LogP contribution in [0.15, 0.2) is 24.5 Å². The van der Waals surface area contributed by atoms with Crippen LogP contribution < -0.4 is 5.32 Å². The summed E-state index contributed by atoms with van der Waals surface area (Å²) in [6.07, 6.45) is 3.47. The zero-order valence-electron chi connectivity index (χ0n) is 16.4. The Hall–Kier alpha value is -2.77. The Kier molecular flexibility index (Phi) is 4.99. The van der Waals surface area contributed by atoms with Gasteiger partial charge in [0.15, 0.2) is 0 Å². The van der Waals surface area contributed by atoms with Gasteiger partial charge in [-0.3, -0.25) is 9.59 Å². The Bertz CT molecular complexity index is 838. The average molecular weight is 370 g/mol. The van der Waals surface area contributed by atoms with Crippen LogP contribution in [0.5, 0.6) is 0 Å². The van der Waals surface area contributed by atoms with E-state index in [1.54, 1.807) is 23.4 Å². The standard InChI is InChI=1S/C19H26N6O2/c1-12(2)14-10-15(25(23-14)18-20-7-6-8-21-18)22-17(27)13-9-16(26)24(11-13)19(3,4)5/h6-8,10,12-13H,9,11H2,1-5H3,(H,22,27). The van der Waals surface area contributed by atoms with Crippen LogP contribution in [0.25, 0.3) is 5.95 Å². The van der Waals surface area contributed by atoms with Crippen LogP contribution in [-0.2, 0) is 9.59 Å². The summed E-state index contributed by atoms with van der Waals surface area (Å²) in [5.41, 5.74) is 0.535. The average Bonchev–Trinajstić information content (AvgIpc) is 3.19. The largest absolute Gasteiger partial charge is 0.337 e. The van der Waals surface area contributed by atoms with Gasteiger partial charge < -0.3 is 10.2 Å². The van der Waals surface area contributed by atoms with Crippen LogP contribution in [-0.4, -0.2) is 48.5 Å². The zero-order chi connectivity index (χ0) is 19.8.